The molecular weight excluding hydrogens is 522 g/mol. The molecule has 4 heteroatoms. The quantitative estimate of drug-likeness (QED) is 0.241. The lowest BCUT2D eigenvalue weighted by Gasteiger charge is -2.42. The van der Waals surface area contributed by atoms with Gasteiger partial charge in [0.25, 0.3) is 0 Å². The predicted molar refractivity (Wildman–Crippen MR) is 161 cm³/mol. The number of allylic oxidation sites excluding steroid dienone is 6. The molecule has 3 nitrogen and oxygen atoms in total. The van der Waals surface area contributed by atoms with Gasteiger partial charge in [0.05, 0.1) is 4.87 Å². The first-order chi connectivity index (χ1) is 20.1. The van der Waals surface area contributed by atoms with E-state index in [2.05, 4.69) is 114 Å². The minimum Gasteiger partial charge on any atom is -0.311 e. The molecule has 7 aliphatic carbocycles. The van der Waals surface area contributed by atoms with Gasteiger partial charge in [0.15, 0.2) is 0 Å². The van der Waals surface area contributed by atoms with Crippen LogP contribution in [0.2, 0.25) is 0 Å². The van der Waals surface area contributed by atoms with Gasteiger partial charge in [-0.25, -0.2) is 0 Å². The summed E-state index contributed by atoms with van der Waals surface area (Å²) in [6.07, 6.45) is 13.6. The van der Waals surface area contributed by atoms with Gasteiger partial charge in [0, 0.05) is 33.5 Å². The first-order valence-electron chi connectivity index (χ1n) is 14.7. The Kier molecular flexibility index (Phi) is 4.28. The summed E-state index contributed by atoms with van der Waals surface area (Å²) < 4.78 is 0. The van der Waals surface area contributed by atoms with Crippen LogP contribution in [0.4, 0.5) is 17.1 Å². The van der Waals surface area contributed by atoms with Crippen LogP contribution in [0, 0.1) is 50.7 Å². The third-order valence-electron chi connectivity index (χ3n) is 12.3. The Morgan fingerprint density at radius 1 is 0.707 bits per heavy atom. The van der Waals surface area contributed by atoms with Crippen molar-refractivity contribution in [2.75, 3.05) is 4.90 Å². The largest absolute Gasteiger partial charge is 0.311 e. The van der Waals surface area contributed by atoms with Crippen LogP contribution in [0.15, 0.2) is 120 Å². The molecule has 0 N–H and O–H groups in total. The molecule has 10 rings (SSSR count). The van der Waals surface area contributed by atoms with Crippen molar-refractivity contribution in [1.29, 1.82) is 10.5 Å². The number of rotatable bonds is 4. The molecule has 41 heavy (non-hydrogen) atoms. The maximum Gasteiger partial charge on any atom is 0.136 e. The predicted octanol–water partition coefficient (Wildman–Crippen LogP) is 8.66. The maximum atomic E-state index is 9.53. The number of halogens is 1. The normalized spacial score (nSPS) is 39.1. The first-order valence-corrected chi connectivity index (χ1v) is 15.1. The molecule has 7 aliphatic rings. The average molecular weight is 550 g/mol. The van der Waals surface area contributed by atoms with E-state index in [1.165, 1.54) is 31.2 Å². The van der Waals surface area contributed by atoms with Crippen LogP contribution in [0.1, 0.15) is 31.2 Å². The van der Waals surface area contributed by atoms with Gasteiger partial charge in [0.1, 0.15) is 17.7 Å². The van der Waals surface area contributed by atoms with E-state index in [1.54, 1.807) is 0 Å². The Labute approximate surface area is 245 Å². The molecule has 0 aliphatic heterocycles. The highest BCUT2D eigenvalue weighted by atomic mass is 35.5. The van der Waals surface area contributed by atoms with Gasteiger partial charge in [-0.2, -0.15) is 10.5 Å². The van der Waals surface area contributed by atoms with E-state index < -0.39 is 0 Å². The third-order valence-corrected chi connectivity index (χ3v) is 13.2. The van der Waals surface area contributed by atoms with Crippen LogP contribution in [0.5, 0.6) is 0 Å². The van der Waals surface area contributed by atoms with Gasteiger partial charge in [0.2, 0.25) is 0 Å². The van der Waals surface area contributed by atoms with Crippen molar-refractivity contribution in [3.63, 3.8) is 0 Å². The zero-order chi connectivity index (χ0) is 27.7. The highest BCUT2D eigenvalue weighted by molar-refractivity contribution is 6.28. The van der Waals surface area contributed by atoms with Crippen molar-refractivity contribution < 1.29 is 0 Å². The monoisotopic (exact) mass is 549 g/mol. The van der Waals surface area contributed by atoms with Crippen molar-refractivity contribution in [1.82, 2.24) is 0 Å². The molecule has 3 spiro atoms. The van der Waals surface area contributed by atoms with Crippen molar-refractivity contribution in [2.45, 2.75) is 36.0 Å². The van der Waals surface area contributed by atoms with Gasteiger partial charge in [-0.05, 0) is 90.3 Å². The molecule has 4 unspecified atom stereocenters. The number of anilines is 3. The average Bonchev–Trinajstić information content (AvgIpc) is 3.22. The topological polar surface area (TPSA) is 50.8 Å². The number of hydrogen-bond acceptors (Lipinski definition) is 3. The zero-order valence-corrected chi connectivity index (χ0v) is 23.4. The minimum atomic E-state index is -0.316. The fourth-order valence-electron chi connectivity index (χ4n) is 11.7. The number of benzene rings is 3. The Balaban J connectivity index is 1.21. The fourth-order valence-corrected chi connectivity index (χ4v) is 12.5. The summed E-state index contributed by atoms with van der Waals surface area (Å²) >= 11 is 7.96. The molecule has 3 aromatic rings. The lowest BCUT2D eigenvalue weighted by atomic mass is 9.64. The van der Waals surface area contributed by atoms with Crippen LogP contribution in [0.3, 0.4) is 0 Å². The summed E-state index contributed by atoms with van der Waals surface area (Å²) in [5, 5.41) is 19.1. The van der Waals surface area contributed by atoms with Crippen LogP contribution in [-0.4, -0.2) is 4.87 Å². The number of nitrogens with zero attached hydrogens (tertiary/aromatic N) is 3. The van der Waals surface area contributed by atoms with E-state index in [0.29, 0.717) is 17.4 Å². The Hall–Kier alpha value is -4.05. The SMILES string of the molecule is N#CC(C#N)=C1C=CC2(C=C1)C1(Cl)C3CCC1C14CCC31C24c1ccc(N(c2ccccc2)c2ccccc2)cc1. The van der Waals surface area contributed by atoms with Crippen LogP contribution >= 0.6 is 11.6 Å². The van der Waals surface area contributed by atoms with Gasteiger partial charge in [-0.3, -0.25) is 0 Å². The Morgan fingerprint density at radius 2 is 1.20 bits per heavy atom. The van der Waals surface area contributed by atoms with E-state index in [1.807, 2.05) is 12.2 Å². The van der Waals surface area contributed by atoms with Crippen molar-refractivity contribution in [2.24, 2.45) is 28.1 Å². The van der Waals surface area contributed by atoms with E-state index in [0.717, 1.165) is 17.1 Å². The molecule has 3 aromatic carbocycles. The molecule has 4 atom stereocenters. The van der Waals surface area contributed by atoms with Gasteiger partial charge >= 0.3 is 0 Å². The second-order valence-corrected chi connectivity index (χ2v) is 13.4. The standard InChI is InChI=1S/C37H28ClN3/c38-36-31-15-16-32(36)35-22-21-34(31,35)37(35,33(36)19-17-25(18-20-33)26(23-39)24-40)27-11-13-30(14-12-27)41(28-7-3-1-4-8-28)29-9-5-2-6-10-29/h1-14,17-20,31-32H,15-16,21-22H2. The third kappa shape index (κ3) is 2.15. The Bertz CT molecular complexity index is 1710. The van der Waals surface area contributed by atoms with E-state index >= 15 is 0 Å². The smallest absolute Gasteiger partial charge is 0.136 e. The Morgan fingerprint density at radius 3 is 1.66 bits per heavy atom. The lowest BCUT2D eigenvalue weighted by molar-refractivity contribution is 0.103. The summed E-state index contributed by atoms with van der Waals surface area (Å²) in [4.78, 5) is 2.01. The fraction of sp³-hybridized carbons (Fsp3) is 0.297. The highest BCUT2D eigenvalue weighted by Crippen LogP contribution is 3.12. The van der Waals surface area contributed by atoms with Crippen molar-refractivity contribution >= 4 is 28.7 Å². The first kappa shape index (κ1) is 23.6. The van der Waals surface area contributed by atoms with Crippen LogP contribution in [0.25, 0.3) is 0 Å². The molecule has 198 valence electrons. The van der Waals surface area contributed by atoms with E-state index in [4.69, 9.17) is 11.6 Å². The molecule has 6 bridgehead atoms. The second kappa shape index (κ2) is 7.42. The van der Waals surface area contributed by atoms with Gasteiger partial charge in [-0.15, -0.1) is 11.6 Å². The number of hydrogen-bond donors (Lipinski definition) is 0. The molecular formula is C37H28ClN3. The lowest BCUT2D eigenvalue weighted by Crippen LogP contribution is -2.44. The summed E-state index contributed by atoms with van der Waals surface area (Å²) in [5.74, 6) is 1.01. The second-order valence-electron chi connectivity index (χ2n) is 12.8. The summed E-state index contributed by atoms with van der Waals surface area (Å²) in [5.41, 5.74) is 5.82. The van der Waals surface area contributed by atoms with E-state index in [-0.39, 0.29) is 32.1 Å². The summed E-state index contributed by atoms with van der Waals surface area (Å²) in [6.45, 7) is 0. The molecule has 0 aromatic heterocycles. The van der Waals surface area contributed by atoms with Crippen LogP contribution in [-0.2, 0) is 5.41 Å². The zero-order valence-electron chi connectivity index (χ0n) is 22.6. The minimum absolute atomic E-state index is 0.0403. The summed E-state index contributed by atoms with van der Waals surface area (Å²) in [7, 11) is 0. The number of alkyl halides is 1. The van der Waals surface area contributed by atoms with E-state index in [9.17, 15) is 10.5 Å². The number of para-hydroxylation sites is 2. The van der Waals surface area contributed by atoms with Crippen LogP contribution < -0.4 is 4.90 Å². The highest BCUT2D eigenvalue weighted by Gasteiger charge is 3.12. The number of nitriles is 2. The molecule has 0 amide bonds. The molecule has 6 fully saturated rings. The van der Waals surface area contributed by atoms with Crippen molar-refractivity contribution in [3.8, 4) is 12.1 Å². The van der Waals surface area contributed by atoms with Gasteiger partial charge < -0.3 is 4.90 Å². The molecule has 0 radical (unpaired) electrons. The molecule has 6 saturated carbocycles. The summed E-state index contributed by atoms with van der Waals surface area (Å²) in [6, 6.07) is 34.6. The van der Waals surface area contributed by atoms with Crippen molar-refractivity contribution in [3.05, 3.63) is 126 Å². The van der Waals surface area contributed by atoms with Gasteiger partial charge in [-0.1, -0.05) is 72.8 Å². The maximum absolute atomic E-state index is 9.53. The molecule has 0 heterocycles. The molecule has 0 saturated heterocycles.